The summed E-state index contributed by atoms with van der Waals surface area (Å²) in [6.07, 6.45) is 10.6. The van der Waals surface area contributed by atoms with Gasteiger partial charge in [-0.2, -0.15) is 0 Å². The lowest BCUT2D eigenvalue weighted by Crippen LogP contribution is -2.51. The van der Waals surface area contributed by atoms with Gasteiger partial charge < -0.3 is 14.5 Å². The van der Waals surface area contributed by atoms with Crippen LogP contribution in [0.5, 0.6) is 0 Å². The highest BCUT2D eigenvalue weighted by molar-refractivity contribution is 4.98. The van der Waals surface area contributed by atoms with Crippen LogP contribution >= 0.6 is 0 Å². The third-order valence-corrected chi connectivity index (χ3v) is 7.19. The minimum absolute atomic E-state index is 0.397. The van der Waals surface area contributed by atoms with Crippen molar-refractivity contribution in [3.05, 3.63) is 0 Å². The van der Waals surface area contributed by atoms with Crippen LogP contribution < -0.4 is 0 Å². The number of nitrogens with zero attached hydrogens (tertiary/aromatic N) is 2. The van der Waals surface area contributed by atoms with Crippen LogP contribution in [0.4, 0.5) is 0 Å². The largest absolute Gasteiger partial charge is 0.376 e. The van der Waals surface area contributed by atoms with Gasteiger partial charge in [-0.05, 0) is 95.8 Å². The van der Waals surface area contributed by atoms with Crippen molar-refractivity contribution in [2.75, 3.05) is 39.3 Å². The molecule has 0 radical (unpaired) electrons. The number of likely N-dealkylation sites (tertiary alicyclic amines) is 2. The number of ether oxygens (including phenoxy) is 1. The van der Waals surface area contributed by atoms with Gasteiger partial charge in [0.1, 0.15) is 0 Å². The van der Waals surface area contributed by atoms with E-state index < -0.39 is 0 Å². The van der Waals surface area contributed by atoms with Gasteiger partial charge in [-0.25, -0.2) is 0 Å². The quantitative estimate of drug-likeness (QED) is 0.676. The van der Waals surface area contributed by atoms with E-state index in [1.807, 2.05) is 0 Å². The van der Waals surface area contributed by atoms with Gasteiger partial charge in [-0.3, -0.25) is 0 Å². The number of piperidine rings is 2. The summed E-state index contributed by atoms with van der Waals surface area (Å²) < 4.78 is 5.99. The molecule has 3 rings (SSSR count). The molecule has 3 heteroatoms. The SMILES string of the molecule is CCC(C)CN1CCC(CN2CCC3(CC2)CC(OC(C)C)C3)CC1. The molecule has 146 valence electrons. The molecule has 0 aromatic heterocycles. The van der Waals surface area contributed by atoms with Gasteiger partial charge in [-0.15, -0.1) is 0 Å². The Labute approximate surface area is 156 Å². The van der Waals surface area contributed by atoms with Crippen molar-refractivity contribution in [1.29, 1.82) is 0 Å². The molecule has 0 N–H and O–H groups in total. The van der Waals surface area contributed by atoms with Gasteiger partial charge in [-0.1, -0.05) is 20.3 Å². The lowest BCUT2D eigenvalue weighted by molar-refractivity contribution is -0.124. The maximum Gasteiger partial charge on any atom is 0.0589 e. The normalized spacial score (nSPS) is 27.7. The molecule has 1 atom stereocenters. The standard InChI is InChI=1S/C22H42N2O/c1-5-19(4)16-23-10-6-20(7-11-23)17-24-12-8-22(9-13-24)14-21(15-22)25-18(2)3/h18-21H,5-17H2,1-4H3. The van der Waals surface area contributed by atoms with Gasteiger partial charge in [0.05, 0.1) is 12.2 Å². The summed E-state index contributed by atoms with van der Waals surface area (Å²) in [5.41, 5.74) is 0.649. The highest BCUT2D eigenvalue weighted by Crippen LogP contribution is 2.50. The van der Waals surface area contributed by atoms with Crippen molar-refractivity contribution in [3.63, 3.8) is 0 Å². The lowest BCUT2D eigenvalue weighted by atomic mass is 9.61. The van der Waals surface area contributed by atoms with Crippen LogP contribution in [-0.4, -0.2) is 61.3 Å². The molecule has 3 fully saturated rings. The van der Waals surface area contributed by atoms with E-state index in [4.69, 9.17) is 4.74 Å². The average molecular weight is 351 g/mol. The first-order valence-corrected chi connectivity index (χ1v) is 11.1. The van der Waals surface area contributed by atoms with Gasteiger partial charge in [0.2, 0.25) is 0 Å². The molecule has 25 heavy (non-hydrogen) atoms. The van der Waals surface area contributed by atoms with Crippen molar-refractivity contribution in [2.45, 2.75) is 84.8 Å². The van der Waals surface area contributed by atoms with E-state index in [0.29, 0.717) is 17.6 Å². The molecule has 0 bridgehead atoms. The number of rotatable bonds is 7. The summed E-state index contributed by atoms with van der Waals surface area (Å²) in [5, 5.41) is 0. The van der Waals surface area contributed by atoms with E-state index in [1.165, 1.54) is 84.2 Å². The monoisotopic (exact) mass is 350 g/mol. The van der Waals surface area contributed by atoms with E-state index in [2.05, 4.69) is 37.5 Å². The third-order valence-electron chi connectivity index (χ3n) is 7.19. The second kappa shape index (κ2) is 8.71. The molecule has 2 heterocycles. The number of hydrogen-bond donors (Lipinski definition) is 0. The zero-order valence-electron chi connectivity index (χ0n) is 17.3. The molecule has 0 aromatic rings. The molecule has 3 nitrogen and oxygen atoms in total. The zero-order chi connectivity index (χ0) is 17.9. The Morgan fingerprint density at radius 3 is 2.16 bits per heavy atom. The Morgan fingerprint density at radius 2 is 1.60 bits per heavy atom. The Morgan fingerprint density at radius 1 is 0.960 bits per heavy atom. The summed E-state index contributed by atoms with van der Waals surface area (Å²) in [4.78, 5) is 5.48. The zero-order valence-corrected chi connectivity index (χ0v) is 17.3. The maximum atomic E-state index is 5.99. The predicted molar refractivity (Wildman–Crippen MR) is 106 cm³/mol. The van der Waals surface area contributed by atoms with E-state index in [1.54, 1.807) is 0 Å². The highest BCUT2D eigenvalue weighted by Gasteiger charge is 2.46. The van der Waals surface area contributed by atoms with Crippen LogP contribution in [0.25, 0.3) is 0 Å². The van der Waals surface area contributed by atoms with Crippen LogP contribution in [-0.2, 0) is 4.74 Å². The van der Waals surface area contributed by atoms with Crippen molar-refractivity contribution in [3.8, 4) is 0 Å². The first kappa shape index (κ1) is 19.6. The second-order valence-electron chi connectivity index (χ2n) is 9.77. The van der Waals surface area contributed by atoms with Gasteiger partial charge in [0.15, 0.2) is 0 Å². The molecule has 0 aromatic carbocycles. The van der Waals surface area contributed by atoms with E-state index >= 15 is 0 Å². The summed E-state index contributed by atoms with van der Waals surface area (Å²) in [6, 6.07) is 0. The maximum absolute atomic E-state index is 5.99. The Hall–Kier alpha value is -0.120. The third kappa shape index (κ3) is 5.43. The predicted octanol–water partition coefficient (Wildman–Crippen LogP) is 4.41. The molecule has 1 saturated carbocycles. The molecule has 1 spiro atoms. The van der Waals surface area contributed by atoms with Crippen LogP contribution in [0.1, 0.15) is 72.6 Å². The molecule has 3 aliphatic rings. The van der Waals surface area contributed by atoms with E-state index in [9.17, 15) is 0 Å². The van der Waals surface area contributed by atoms with Crippen LogP contribution in [0.2, 0.25) is 0 Å². The molecular formula is C22H42N2O. The van der Waals surface area contributed by atoms with Gasteiger partial charge >= 0.3 is 0 Å². The van der Waals surface area contributed by atoms with Crippen molar-refractivity contribution >= 4 is 0 Å². The summed E-state index contributed by atoms with van der Waals surface area (Å²) in [7, 11) is 0. The highest BCUT2D eigenvalue weighted by atomic mass is 16.5. The Bertz CT molecular complexity index is 387. The minimum atomic E-state index is 0.397. The first-order valence-electron chi connectivity index (χ1n) is 11.1. The summed E-state index contributed by atoms with van der Waals surface area (Å²) >= 11 is 0. The lowest BCUT2D eigenvalue weighted by Gasteiger charge is -2.52. The fourth-order valence-corrected chi connectivity index (χ4v) is 5.29. The minimum Gasteiger partial charge on any atom is -0.376 e. The van der Waals surface area contributed by atoms with E-state index in [-0.39, 0.29) is 0 Å². The molecule has 2 saturated heterocycles. The summed E-state index contributed by atoms with van der Waals surface area (Å²) in [5.74, 6) is 1.81. The first-order chi connectivity index (χ1) is 12.0. The van der Waals surface area contributed by atoms with Gasteiger partial charge in [0, 0.05) is 13.1 Å². The molecule has 0 amide bonds. The summed E-state index contributed by atoms with van der Waals surface area (Å²) in [6.45, 7) is 17.1. The fourth-order valence-electron chi connectivity index (χ4n) is 5.29. The van der Waals surface area contributed by atoms with Gasteiger partial charge in [0.25, 0.3) is 0 Å². The van der Waals surface area contributed by atoms with Crippen LogP contribution in [0, 0.1) is 17.3 Å². The molecule has 1 unspecified atom stereocenters. The molecular weight excluding hydrogens is 308 g/mol. The van der Waals surface area contributed by atoms with E-state index in [0.717, 1.165) is 11.8 Å². The second-order valence-corrected chi connectivity index (χ2v) is 9.77. The van der Waals surface area contributed by atoms with Crippen molar-refractivity contribution < 1.29 is 4.74 Å². The van der Waals surface area contributed by atoms with Crippen LogP contribution in [0.3, 0.4) is 0 Å². The fraction of sp³-hybridized carbons (Fsp3) is 1.00. The van der Waals surface area contributed by atoms with Crippen LogP contribution in [0.15, 0.2) is 0 Å². The topological polar surface area (TPSA) is 15.7 Å². The number of hydrogen-bond acceptors (Lipinski definition) is 3. The smallest absolute Gasteiger partial charge is 0.0589 e. The van der Waals surface area contributed by atoms with Crippen molar-refractivity contribution in [1.82, 2.24) is 9.80 Å². The average Bonchev–Trinajstić information content (AvgIpc) is 2.56. The Kier molecular flexibility index (Phi) is 6.84. The molecule has 1 aliphatic carbocycles. The Balaban J connectivity index is 1.31. The molecule has 2 aliphatic heterocycles. The van der Waals surface area contributed by atoms with Crippen molar-refractivity contribution in [2.24, 2.45) is 17.3 Å².